The minimum Gasteiger partial charge on any atom is -0.462 e. The molecule has 9 nitrogen and oxygen atoms in total. The molecule has 5 fully saturated rings. The lowest BCUT2D eigenvalue weighted by molar-refractivity contribution is -0.212. The van der Waals surface area contributed by atoms with Crippen LogP contribution in [0.2, 0.25) is 0 Å². The van der Waals surface area contributed by atoms with Crippen LogP contribution in [0.25, 0.3) is 33.4 Å². The van der Waals surface area contributed by atoms with Crippen LogP contribution >= 0.6 is 0 Å². The molecule has 10 rings (SSSR count). The van der Waals surface area contributed by atoms with Gasteiger partial charge < -0.3 is 23.9 Å². The molecule has 2 heterocycles. The Morgan fingerprint density at radius 1 is 0.770 bits per heavy atom. The van der Waals surface area contributed by atoms with Crippen molar-refractivity contribution >= 4 is 34.4 Å². The van der Waals surface area contributed by atoms with E-state index in [0.717, 1.165) is 135 Å². The molecule has 2 amide bonds. The molecule has 0 spiro atoms. The molecule has 8 atom stereocenters. The Balaban J connectivity index is 0.917. The van der Waals surface area contributed by atoms with E-state index in [0.29, 0.717) is 49.5 Å². The van der Waals surface area contributed by atoms with Gasteiger partial charge in [0.25, 0.3) is 5.91 Å². The number of ether oxygens (including phenoxy) is 1. The van der Waals surface area contributed by atoms with Crippen LogP contribution in [-0.4, -0.2) is 86.0 Å². The number of fused-ring (bicyclic) bond motifs is 9. The van der Waals surface area contributed by atoms with Gasteiger partial charge in [0.15, 0.2) is 0 Å². The number of hydrogen-bond acceptors (Lipinski definition) is 6. The van der Waals surface area contributed by atoms with Crippen molar-refractivity contribution in [3.63, 3.8) is 0 Å². The first-order valence-corrected chi connectivity index (χ1v) is 29.1. The molecule has 1 saturated heterocycles. The monoisotopic (exact) mass is 1010 g/mol. The average Bonchev–Trinajstić information content (AvgIpc) is 3.70. The summed E-state index contributed by atoms with van der Waals surface area (Å²) in [6.45, 7) is 33.7. The summed E-state index contributed by atoms with van der Waals surface area (Å²) in [5, 5.41) is 2.15. The molecule has 2 aromatic rings. The van der Waals surface area contributed by atoms with Gasteiger partial charge in [0.2, 0.25) is 11.3 Å². The Kier molecular flexibility index (Phi) is 13.7. The lowest BCUT2D eigenvalue weighted by Crippen LogP contribution is -2.65. The van der Waals surface area contributed by atoms with Gasteiger partial charge in [-0.15, -0.1) is 0 Å². The summed E-state index contributed by atoms with van der Waals surface area (Å²) in [4.78, 5) is 49.4. The number of amides is 2. The fourth-order valence-corrected chi connectivity index (χ4v) is 17.4. The largest absolute Gasteiger partial charge is 0.462 e. The number of allylic oxidation sites excluding steroid dienone is 2. The van der Waals surface area contributed by atoms with Gasteiger partial charge in [0.1, 0.15) is 30.5 Å². The number of anilines is 1. The second-order valence-electron chi connectivity index (χ2n) is 26.0. The third-order valence-corrected chi connectivity index (χ3v) is 21.7. The summed E-state index contributed by atoms with van der Waals surface area (Å²) in [7, 11) is 0. The number of nitrogens with zero attached hydrogens (tertiary/aromatic N) is 4. The van der Waals surface area contributed by atoms with E-state index in [1.807, 2.05) is 17.0 Å². The molecule has 2 aliphatic heterocycles. The Morgan fingerprint density at radius 3 is 2.23 bits per heavy atom. The van der Waals surface area contributed by atoms with E-state index in [1.54, 1.807) is 12.5 Å². The van der Waals surface area contributed by atoms with Crippen LogP contribution in [0.4, 0.5) is 5.69 Å². The Bertz CT molecular complexity index is 2900. The number of carbonyl (C=O) groups excluding carboxylic acids is 3. The topological polar surface area (TPSA) is 86.3 Å². The van der Waals surface area contributed by atoms with E-state index in [4.69, 9.17) is 9.15 Å². The Hall–Kier alpha value is -4.92. The second-order valence-corrected chi connectivity index (χ2v) is 26.0. The van der Waals surface area contributed by atoms with Crippen LogP contribution in [0.1, 0.15) is 164 Å². The van der Waals surface area contributed by atoms with Crippen LogP contribution in [0.5, 0.6) is 0 Å². The van der Waals surface area contributed by atoms with Crippen molar-refractivity contribution in [3.05, 3.63) is 83.2 Å². The highest BCUT2D eigenvalue weighted by Gasteiger charge is 2.69. The Labute approximate surface area is 443 Å². The molecule has 74 heavy (non-hydrogen) atoms. The molecule has 2 aromatic carbocycles. The lowest BCUT2D eigenvalue weighted by Gasteiger charge is -2.71. The van der Waals surface area contributed by atoms with Gasteiger partial charge in [0.05, 0.1) is 11.5 Å². The number of esters is 1. The molecule has 0 N–H and O–H groups in total. The van der Waals surface area contributed by atoms with Gasteiger partial charge in [0, 0.05) is 91.5 Å². The maximum Gasteiger partial charge on any atom is 0.302 e. The average molecular weight is 1010 g/mol. The molecular weight excluding hydrogens is 917 g/mol. The van der Waals surface area contributed by atoms with Crippen molar-refractivity contribution in [2.24, 2.45) is 50.2 Å². The van der Waals surface area contributed by atoms with Crippen molar-refractivity contribution in [2.45, 2.75) is 160 Å². The third kappa shape index (κ3) is 8.37. The predicted octanol–water partition coefficient (Wildman–Crippen LogP) is 13.3. The van der Waals surface area contributed by atoms with E-state index >= 15 is 4.79 Å². The molecule has 6 aliphatic carbocycles. The normalized spacial score (nSPS) is 31.3. The molecule has 0 aromatic heterocycles. The van der Waals surface area contributed by atoms with Crippen molar-refractivity contribution in [1.82, 2.24) is 14.4 Å². The molecule has 8 aliphatic rings. The molecule has 4 saturated carbocycles. The third-order valence-electron chi connectivity index (χ3n) is 21.7. The molecule has 0 bridgehead atoms. The van der Waals surface area contributed by atoms with Crippen molar-refractivity contribution in [2.75, 3.05) is 57.3 Å². The summed E-state index contributed by atoms with van der Waals surface area (Å²) < 4.78 is 15.2. The fourth-order valence-electron chi connectivity index (χ4n) is 17.4. The van der Waals surface area contributed by atoms with Crippen LogP contribution in [0, 0.1) is 50.2 Å². The van der Waals surface area contributed by atoms with Crippen LogP contribution in [0.3, 0.4) is 0 Å². The van der Waals surface area contributed by atoms with Gasteiger partial charge in [-0.25, -0.2) is 4.58 Å². The summed E-state index contributed by atoms with van der Waals surface area (Å²) >= 11 is 0. The zero-order chi connectivity index (χ0) is 52.8. The zero-order valence-corrected chi connectivity index (χ0v) is 47.4. The highest BCUT2D eigenvalue weighted by Crippen LogP contribution is 2.76. The maximum atomic E-state index is 15.7. The van der Waals surface area contributed by atoms with Crippen molar-refractivity contribution in [3.8, 4) is 22.5 Å². The van der Waals surface area contributed by atoms with E-state index in [2.05, 4.69) is 145 Å². The number of hydrogen-bond donors (Lipinski definition) is 0. The molecular formula is C65H89N4O5+. The number of rotatable bonds is 9. The van der Waals surface area contributed by atoms with Gasteiger partial charge in [-0.1, -0.05) is 72.2 Å². The molecule has 0 radical (unpaired) electrons. The number of benzene rings is 3. The minimum atomic E-state index is -0.422. The van der Waals surface area contributed by atoms with Crippen LogP contribution in [0.15, 0.2) is 76.7 Å². The second kappa shape index (κ2) is 19.3. The van der Waals surface area contributed by atoms with E-state index in [9.17, 15) is 9.59 Å². The van der Waals surface area contributed by atoms with Crippen molar-refractivity contribution in [1.29, 1.82) is 0 Å². The smallest absolute Gasteiger partial charge is 0.302 e. The zero-order valence-electron chi connectivity index (χ0n) is 47.4. The number of carbonyl (C=O) groups is 3. The summed E-state index contributed by atoms with van der Waals surface area (Å²) in [6.07, 6.45) is 13.8. The van der Waals surface area contributed by atoms with Gasteiger partial charge >= 0.3 is 5.97 Å². The molecule has 398 valence electrons. The quantitative estimate of drug-likeness (QED) is 0.0719. The summed E-state index contributed by atoms with van der Waals surface area (Å²) in [6, 6.07) is 21.3. The van der Waals surface area contributed by atoms with E-state index < -0.39 is 5.41 Å². The van der Waals surface area contributed by atoms with E-state index in [-0.39, 0.29) is 51.0 Å². The highest BCUT2D eigenvalue weighted by atomic mass is 16.5. The van der Waals surface area contributed by atoms with Crippen LogP contribution in [-0.2, 0) is 14.3 Å². The van der Waals surface area contributed by atoms with Gasteiger partial charge in [-0.2, -0.15) is 0 Å². The SMILES string of the molecule is CCN(CC)c1ccc2c(-c3cccc(C(=O)N4CCCN(C(=O)[C@]56CCC(C)(C)C[C@H]5C5=CC[C@@H]7[C@@]8(C)CC[C@H](OC(C)=O)C(C)(C)[C@@H]8CC[C@@]7(C)[C@]5(C)CC6)CC4)c3)c3ccc(=[N+](CC)CC)cc-3oc2c1. The first-order valence-electron chi connectivity index (χ1n) is 29.1. The maximum absolute atomic E-state index is 15.7. The predicted molar refractivity (Wildman–Crippen MR) is 300 cm³/mol. The summed E-state index contributed by atoms with van der Waals surface area (Å²) in [5.74, 6) is 2.26. The lowest BCUT2D eigenvalue weighted by atomic mass is 9.33. The first-order chi connectivity index (χ1) is 35.2. The van der Waals surface area contributed by atoms with E-state index in [1.165, 1.54) is 6.42 Å². The summed E-state index contributed by atoms with van der Waals surface area (Å²) in [5.41, 5.74) is 7.22. The molecule has 0 unspecified atom stereocenters. The Morgan fingerprint density at radius 2 is 1.50 bits per heavy atom. The first kappa shape index (κ1) is 52.5. The molecule has 9 heteroatoms. The highest BCUT2D eigenvalue weighted by molar-refractivity contribution is 6.04. The standard InChI is InChI=1S/C65H89N4O5/c1-13-66(14-2)46-21-23-48-52(40-46)74-53-41-47(67(15-3)16-4)22-24-49(53)57(48)44-19-17-20-45(39-44)58(71)68-35-18-36-69(38-37-68)59(72)65-33-31-60(6,7)42-51(65)50-25-26-55-62(10)29-28-56(73-43(5)70)61(8,9)54(62)27-30-64(55,12)63(50,11)32-34-65/h17,19-25,39-41,51,54-56H,13-16,18,26-38,42H2,1-12H3/q+1/t51-,54-,55+,56-,62-,63+,64+,65-/m0/s1. The van der Waals surface area contributed by atoms with Crippen molar-refractivity contribution < 1.29 is 23.5 Å². The van der Waals surface area contributed by atoms with Gasteiger partial charge in [-0.05, 0) is 174 Å². The van der Waals surface area contributed by atoms with Crippen LogP contribution < -0.4 is 14.8 Å². The van der Waals surface area contributed by atoms with Gasteiger partial charge in [-0.3, -0.25) is 14.4 Å². The minimum absolute atomic E-state index is 0.00871. The fraction of sp³-hybridized carbons (Fsp3) is 0.631.